The molecule has 1 aliphatic rings. The number of carboxylic acids is 2. The standard InChI is InChI=1S/C19H26O5/c1-24-10-9-19(6-3-2-4-7-19)8-5-14-11-15(17(20)21)13-16(12-14)18(22)23/h11-13H,2-10H2,1H3,(H,20,21)(H,22,23). The second-order valence-corrected chi connectivity index (χ2v) is 6.83. The third kappa shape index (κ3) is 4.81. The van der Waals surface area contributed by atoms with E-state index in [9.17, 15) is 19.8 Å². The molecule has 1 aromatic carbocycles. The van der Waals surface area contributed by atoms with Crippen LogP contribution >= 0.6 is 0 Å². The van der Waals surface area contributed by atoms with Crippen molar-refractivity contribution in [2.45, 2.75) is 51.4 Å². The Morgan fingerprint density at radius 1 is 1.00 bits per heavy atom. The van der Waals surface area contributed by atoms with Gasteiger partial charge in [0, 0.05) is 13.7 Å². The highest BCUT2D eigenvalue weighted by molar-refractivity contribution is 5.94. The fraction of sp³-hybridized carbons (Fsp3) is 0.579. The van der Waals surface area contributed by atoms with Crippen molar-refractivity contribution in [3.63, 3.8) is 0 Å². The number of benzene rings is 1. The van der Waals surface area contributed by atoms with Gasteiger partial charge in [0.25, 0.3) is 0 Å². The van der Waals surface area contributed by atoms with Crippen molar-refractivity contribution < 1.29 is 24.5 Å². The van der Waals surface area contributed by atoms with E-state index in [0.717, 1.165) is 25.0 Å². The zero-order chi connectivity index (χ0) is 17.6. The van der Waals surface area contributed by atoms with Gasteiger partial charge in [-0.1, -0.05) is 19.3 Å². The molecule has 1 fully saturated rings. The maximum Gasteiger partial charge on any atom is 0.335 e. The molecule has 0 atom stereocenters. The number of aromatic carboxylic acids is 2. The summed E-state index contributed by atoms with van der Waals surface area (Å²) in [6.07, 6.45) is 8.70. The summed E-state index contributed by atoms with van der Waals surface area (Å²) in [5.41, 5.74) is 1.10. The topological polar surface area (TPSA) is 83.8 Å². The van der Waals surface area contributed by atoms with Crippen molar-refractivity contribution in [1.29, 1.82) is 0 Å². The van der Waals surface area contributed by atoms with Gasteiger partial charge in [-0.05, 0) is 61.3 Å². The van der Waals surface area contributed by atoms with Crippen LogP contribution in [0.2, 0.25) is 0 Å². The predicted octanol–water partition coefficient (Wildman–Crippen LogP) is 4.00. The Hall–Kier alpha value is -1.88. The van der Waals surface area contributed by atoms with Crippen LogP contribution < -0.4 is 0 Å². The monoisotopic (exact) mass is 334 g/mol. The fourth-order valence-corrected chi connectivity index (χ4v) is 3.74. The summed E-state index contributed by atoms with van der Waals surface area (Å²) in [7, 11) is 1.71. The van der Waals surface area contributed by atoms with Crippen molar-refractivity contribution in [1.82, 2.24) is 0 Å². The van der Waals surface area contributed by atoms with Crippen molar-refractivity contribution in [2.24, 2.45) is 5.41 Å². The smallest absolute Gasteiger partial charge is 0.335 e. The van der Waals surface area contributed by atoms with E-state index in [1.807, 2.05) is 0 Å². The molecular weight excluding hydrogens is 308 g/mol. The van der Waals surface area contributed by atoms with Crippen LogP contribution in [0.15, 0.2) is 18.2 Å². The van der Waals surface area contributed by atoms with Crippen LogP contribution in [0.25, 0.3) is 0 Å². The van der Waals surface area contributed by atoms with E-state index < -0.39 is 11.9 Å². The number of aryl methyl sites for hydroxylation is 1. The lowest BCUT2D eigenvalue weighted by atomic mass is 9.69. The normalized spacial score (nSPS) is 16.7. The summed E-state index contributed by atoms with van der Waals surface area (Å²) < 4.78 is 5.27. The SMILES string of the molecule is COCCC1(CCc2cc(C(=O)O)cc(C(=O)O)c2)CCCCC1. The number of carbonyl (C=O) groups is 2. The molecule has 0 heterocycles. The first-order chi connectivity index (χ1) is 11.5. The lowest BCUT2D eigenvalue weighted by molar-refractivity contribution is 0.0696. The van der Waals surface area contributed by atoms with Crippen molar-refractivity contribution in [3.8, 4) is 0 Å². The van der Waals surface area contributed by atoms with E-state index in [4.69, 9.17) is 4.74 Å². The number of methoxy groups -OCH3 is 1. The summed E-state index contributed by atoms with van der Waals surface area (Å²) >= 11 is 0. The molecule has 5 nitrogen and oxygen atoms in total. The molecule has 2 rings (SSSR count). The summed E-state index contributed by atoms with van der Waals surface area (Å²) in [5.74, 6) is -2.18. The van der Waals surface area contributed by atoms with Crippen LogP contribution in [0.3, 0.4) is 0 Å². The van der Waals surface area contributed by atoms with Crippen molar-refractivity contribution >= 4 is 11.9 Å². The summed E-state index contributed by atoms with van der Waals surface area (Å²) in [5, 5.41) is 18.4. The highest BCUT2D eigenvalue weighted by Crippen LogP contribution is 2.43. The Bertz CT molecular complexity index is 555. The minimum atomic E-state index is -1.09. The van der Waals surface area contributed by atoms with E-state index in [2.05, 4.69) is 0 Å². The highest BCUT2D eigenvalue weighted by atomic mass is 16.5. The zero-order valence-corrected chi connectivity index (χ0v) is 14.2. The average Bonchev–Trinajstić information content (AvgIpc) is 2.59. The van der Waals surface area contributed by atoms with E-state index in [0.29, 0.717) is 6.42 Å². The van der Waals surface area contributed by atoms with E-state index in [1.54, 1.807) is 19.2 Å². The van der Waals surface area contributed by atoms with Crippen LogP contribution in [-0.4, -0.2) is 35.9 Å². The molecule has 0 spiro atoms. The molecule has 1 saturated carbocycles. The Labute approximate surface area is 142 Å². The maximum atomic E-state index is 11.2. The largest absolute Gasteiger partial charge is 0.478 e. The van der Waals surface area contributed by atoms with Crippen molar-refractivity contribution in [3.05, 3.63) is 34.9 Å². The Kier molecular flexibility index (Phi) is 6.37. The third-order valence-corrected chi connectivity index (χ3v) is 5.18. The molecule has 1 aliphatic carbocycles. The number of hydrogen-bond donors (Lipinski definition) is 2. The van der Waals surface area contributed by atoms with Gasteiger partial charge in [0.05, 0.1) is 11.1 Å². The Morgan fingerprint density at radius 3 is 2.08 bits per heavy atom. The summed E-state index contributed by atoms with van der Waals surface area (Å²) in [6.45, 7) is 0.732. The van der Waals surface area contributed by atoms with Crippen LogP contribution in [0.4, 0.5) is 0 Å². The van der Waals surface area contributed by atoms with Gasteiger partial charge in [0.15, 0.2) is 0 Å². The number of carboxylic acid groups (broad SMARTS) is 2. The molecule has 2 N–H and O–H groups in total. The van der Waals surface area contributed by atoms with E-state index in [-0.39, 0.29) is 16.5 Å². The molecule has 5 heteroatoms. The van der Waals surface area contributed by atoms with Gasteiger partial charge < -0.3 is 14.9 Å². The summed E-state index contributed by atoms with van der Waals surface area (Å²) in [6, 6.07) is 4.42. The second kappa shape index (κ2) is 8.29. The van der Waals surface area contributed by atoms with Gasteiger partial charge in [-0.15, -0.1) is 0 Å². The molecule has 0 aliphatic heterocycles. The van der Waals surface area contributed by atoms with Crippen LogP contribution in [0.1, 0.15) is 71.2 Å². The third-order valence-electron chi connectivity index (χ3n) is 5.18. The van der Waals surface area contributed by atoms with Crippen LogP contribution in [0, 0.1) is 5.41 Å². The van der Waals surface area contributed by atoms with Gasteiger partial charge in [0.1, 0.15) is 0 Å². The molecule has 1 aromatic rings. The number of ether oxygens (including phenoxy) is 1. The molecule has 0 aromatic heterocycles. The molecule has 24 heavy (non-hydrogen) atoms. The number of rotatable bonds is 8. The Morgan fingerprint density at radius 2 is 1.58 bits per heavy atom. The molecule has 0 amide bonds. The van der Waals surface area contributed by atoms with Gasteiger partial charge in [-0.2, -0.15) is 0 Å². The lowest BCUT2D eigenvalue weighted by Gasteiger charge is -2.37. The van der Waals surface area contributed by atoms with E-state index >= 15 is 0 Å². The molecule has 0 saturated heterocycles. The molecular formula is C19H26O5. The number of hydrogen-bond acceptors (Lipinski definition) is 3. The molecule has 132 valence electrons. The van der Waals surface area contributed by atoms with Gasteiger partial charge in [0.2, 0.25) is 0 Å². The minimum Gasteiger partial charge on any atom is -0.478 e. The van der Waals surface area contributed by atoms with E-state index in [1.165, 1.54) is 38.2 Å². The second-order valence-electron chi connectivity index (χ2n) is 6.83. The Balaban J connectivity index is 2.16. The van der Waals surface area contributed by atoms with Gasteiger partial charge in [-0.25, -0.2) is 9.59 Å². The quantitative estimate of drug-likeness (QED) is 0.750. The fourth-order valence-electron chi connectivity index (χ4n) is 3.74. The van der Waals surface area contributed by atoms with Crippen LogP contribution in [0.5, 0.6) is 0 Å². The van der Waals surface area contributed by atoms with Gasteiger partial charge in [-0.3, -0.25) is 0 Å². The predicted molar refractivity (Wildman–Crippen MR) is 90.7 cm³/mol. The van der Waals surface area contributed by atoms with Gasteiger partial charge >= 0.3 is 11.9 Å². The highest BCUT2D eigenvalue weighted by Gasteiger charge is 2.31. The maximum absolute atomic E-state index is 11.2. The van der Waals surface area contributed by atoms with Crippen LogP contribution in [-0.2, 0) is 11.2 Å². The molecule has 0 bridgehead atoms. The first-order valence-corrected chi connectivity index (χ1v) is 8.55. The lowest BCUT2D eigenvalue weighted by Crippen LogP contribution is -2.26. The molecule has 0 unspecified atom stereocenters. The average molecular weight is 334 g/mol. The molecule has 0 radical (unpaired) electrons. The first kappa shape index (κ1) is 18.5. The first-order valence-electron chi connectivity index (χ1n) is 8.55. The zero-order valence-electron chi connectivity index (χ0n) is 14.2. The minimum absolute atomic E-state index is 0.0412. The van der Waals surface area contributed by atoms with Crippen molar-refractivity contribution in [2.75, 3.05) is 13.7 Å². The summed E-state index contributed by atoms with van der Waals surface area (Å²) in [4.78, 5) is 22.5.